The van der Waals surface area contributed by atoms with Crippen molar-refractivity contribution in [2.45, 2.75) is 26.8 Å². The van der Waals surface area contributed by atoms with E-state index in [4.69, 9.17) is 11.6 Å². The minimum absolute atomic E-state index is 0.234. The SMILES string of the molecule is CCN(CC)c1ccc(NC(=O)CC(=O)NCc2ccccc2Cl)cc1. The highest BCUT2D eigenvalue weighted by Gasteiger charge is 2.10. The van der Waals surface area contributed by atoms with E-state index in [1.807, 2.05) is 42.5 Å². The van der Waals surface area contributed by atoms with Crippen LogP contribution in [0, 0.1) is 0 Å². The summed E-state index contributed by atoms with van der Waals surface area (Å²) in [5.41, 5.74) is 2.59. The van der Waals surface area contributed by atoms with E-state index in [0.717, 1.165) is 24.3 Å². The minimum Gasteiger partial charge on any atom is -0.372 e. The number of anilines is 2. The number of carbonyl (C=O) groups excluding carboxylic acids is 2. The van der Waals surface area contributed by atoms with Crippen LogP contribution < -0.4 is 15.5 Å². The molecule has 0 aromatic heterocycles. The number of amides is 2. The molecule has 0 heterocycles. The number of rotatable bonds is 8. The summed E-state index contributed by atoms with van der Waals surface area (Å²) in [6, 6.07) is 14.9. The normalized spacial score (nSPS) is 10.3. The van der Waals surface area contributed by atoms with Crippen molar-refractivity contribution in [2.24, 2.45) is 0 Å². The third-order valence-electron chi connectivity index (χ3n) is 4.03. The van der Waals surface area contributed by atoms with Crippen molar-refractivity contribution in [3.05, 3.63) is 59.1 Å². The van der Waals surface area contributed by atoms with Crippen LogP contribution in [-0.2, 0) is 16.1 Å². The zero-order valence-corrected chi connectivity index (χ0v) is 15.8. The van der Waals surface area contributed by atoms with Crippen LogP contribution in [0.15, 0.2) is 48.5 Å². The molecule has 138 valence electrons. The Bertz CT molecular complexity index is 743. The summed E-state index contributed by atoms with van der Waals surface area (Å²) in [4.78, 5) is 26.2. The van der Waals surface area contributed by atoms with E-state index in [0.29, 0.717) is 17.3 Å². The van der Waals surface area contributed by atoms with E-state index in [2.05, 4.69) is 29.4 Å². The Kier molecular flexibility index (Phi) is 7.48. The van der Waals surface area contributed by atoms with Crippen LogP contribution in [0.5, 0.6) is 0 Å². The van der Waals surface area contributed by atoms with Gasteiger partial charge in [-0.05, 0) is 49.7 Å². The topological polar surface area (TPSA) is 61.4 Å². The third kappa shape index (κ3) is 5.77. The van der Waals surface area contributed by atoms with Crippen LogP contribution >= 0.6 is 11.6 Å². The van der Waals surface area contributed by atoms with Crippen molar-refractivity contribution in [1.29, 1.82) is 0 Å². The van der Waals surface area contributed by atoms with E-state index in [9.17, 15) is 9.59 Å². The number of benzene rings is 2. The number of carbonyl (C=O) groups is 2. The van der Waals surface area contributed by atoms with E-state index in [1.54, 1.807) is 6.07 Å². The molecule has 0 saturated carbocycles. The van der Waals surface area contributed by atoms with Crippen molar-refractivity contribution in [3.8, 4) is 0 Å². The Labute approximate surface area is 159 Å². The summed E-state index contributed by atoms with van der Waals surface area (Å²) in [5.74, 6) is -0.695. The predicted molar refractivity (Wildman–Crippen MR) is 107 cm³/mol. The lowest BCUT2D eigenvalue weighted by molar-refractivity contribution is -0.126. The van der Waals surface area contributed by atoms with Crippen LogP contribution in [0.2, 0.25) is 5.02 Å². The molecule has 26 heavy (non-hydrogen) atoms. The van der Waals surface area contributed by atoms with E-state index in [-0.39, 0.29) is 18.2 Å². The van der Waals surface area contributed by atoms with Gasteiger partial charge in [-0.2, -0.15) is 0 Å². The molecule has 0 atom stereocenters. The summed E-state index contributed by atoms with van der Waals surface area (Å²) in [6.45, 7) is 6.34. The van der Waals surface area contributed by atoms with Gasteiger partial charge in [-0.3, -0.25) is 9.59 Å². The van der Waals surface area contributed by atoms with Gasteiger partial charge in [0.05, 0.1) is 0 Å². The Morgan fingerprint density at radius 3 is 2.23 bits per heavy atom. The quantitative estimate of drug-likeness (QED) is 0.691. The molecule has 0 fully saturated rings. The number of nitrogens with one attached hydrogen (secondary N) is 2. The number of nitrogens with zero attached hydrogens (tertiary/aromatic N) is 1. The van der Waals surface area contributed by atoms with Gasteiger partial charge in [-0.1, -0.05) is 29.8 Å². The highest BCUT2D eigenvalue weighted by Crippen LogP contribution is 2.18. The van der Waals surface area contributed by atoms with E-state index in [1.165, 1.54) is 0 Å². The molecular formula is C20H24ClN3O2. The maximum Gasteiger partial charge on any atom is 0.233 e. The number of hydrogen-bond acceptors (Lipinski definition) is 3. The van der Waals surface area contributed by atoms with Gasteiger partial charge in [0.2, 0.25) is 11.8 Å². The Morgan fingerprint density at radius 1 is 0.962 bits per heavy atom. The van der Waals surface area contributed by atoms with E-state index >= 15 is 0 Å². The first-order valence-corrected chi connectivity index (χ1v) is 9.06. The molecule has 2 rings (SSSR count). The Hall–Kier alpha value is -2.53. The Balaban J connectivity index is 1.82. The maximum atomic E-state index is 12.0. The van der Waals surface area contributed by atoms with Crippen LogP contribution in [0.4, 0.5) is 11.4 Å². The summed E-state index contributed by atoms with van der Waals surface area (Å²) >= 11 is 6.04. The van der Waals surface area contributed by atoms with Crippen LogP contribution in [0.3, 0.4) is 0 Å². The first-order valence-electron chi connectivity index (χ1n) is 8.68. The highest BCUT2D eigenvalue weighted by molar-refractivity contribution is 6.31. The highest BCUT2D eigenvalue weighted by atomic mass is 35.5. The average molecular weight is 374 g/mol. The molecule has 0 aliphatic heterocycles. The average Bonchev–Trinajstić information content (AvgIpc) is 2.63. The molecular weight excluding hydrogens is 350 g/mol. The number of hydrogen-bond donors (Lipinski definition) is 2. The van der Waals surface area contributed by atoms with Gasteiger partial charge in [0.25, 0.3) is 0 Å². The lowest BCUT2D eigenvalue weighted by Crippen LogP contribution is -2.27. The molecule has 0 radical (unpaired) electrons. The van der Waals surface area contributed by atoms with Gasteiger partial charge in [-0.15, -0.1) is 0 Å². The first kappa shape index (κ1) is 19.8. The zero-order chi connectivity index (χ0) is 18.9. The van der Waals surface area contributed by atoms with Crippen molar-refractivity contribution >= 4 is 34.8 Å². The summed E-state index contributed by atoms with van der Waals surface area (Å²) < 4.78 is 0. The van der Waals surface area contributed by atoms with Gasteiger partial charge in [0, 0.05) is 36.0 Å². The van der Waals surface area contributed by atoms with Crippen molar-refractivity contribution in [1.82, 2.24) is 5.32 Å². The summed E-state index contributed by atoms with van der Waals surface area (Å²) in [5, 5.41) is 6.03. The molecule has 0 aliphatic carbocycles. The fourth-order valence-corrected chi connectivity index (χ4v) is 2.80. The van der Waals surface area contributed by atoms with Gasteiger partial charge >= 0.3 is 0 Å². The van der Waals surface area contributed by atoms with Crippen molar-refractivity contribution in [3.63, 3.8) is 0 Å². The largest absolute Gasteiger partial charge is 0.372 e. The minimum atomic E-state index is -0.350. The molecule has 0 saturated heterocycles. The van der Waals surface area contributed by atoms with Gasteiger partial charge in [0.1, 0.15) is 6.42 Å². The molecule has 0 spiro atoms. The lowest BCUT2D eigenvalue weighted by atomic mass is 10.2. The van der Waals surface area contributed by atoms with Crippen molar-refractivity contribution < 1.29 is 9.59 Å². The monoisotopic (exact) mass is 373 g/mol. The van der Waals surface area contributed by atoms with E-state index < -0.39 is 0 Å². The van der Waals surface area contributed by atoms with Crippen LogP contribution in [0.25, 0.3) is 0 Å². The fraction of sp³-hybridized carbons (Fsp3) is 0.300. The number of halogens is 1. The molecule has 2 amide bonds. The molecule has 6 heteroatoms. The standard InChI is InChI=1S/C20H24ClN3O2/c1-3-24(4-2)17-11-9-16(10-12-17)23-20(26)13-19(25)22-14-15-7-5-6-8-18(15)21/h5-12H,3-4,13-14H2,1-2H3,(H,22,25)(H,23,26). The second-order valence-corrected chi connectivity index (χ2v) is 6.22. The van der Waals surface area contributed by atoms with Crippen molar-refractivity contribution in [2.75, 3.05) is 23.3 Å². The third-order valence-corrected chi connectivity index (χ3v) is 4.40. The molecule has 0 aliphatic rings. The summed E-state index contributed by atoms with van der Waals surface area (Å²) in [7, 11) is 0. The van der Waals surface area contributed by atoms with Gasteiger partial charge < -0.3 is 15.5 Å². The maximum absolute atomic E-state index is 12.0. The second-order valence-electron chi connectivity index (χ2n) is 5.81. The second kappa shape index (κ2) is 9.82. The molecule has 0 bridgehead atoms. The summed E-state index contributed by atoms with van der Waals surface area (Å²) in [6.07, 6.45) is -0.234. The molecule has 2 N–H and O–H groups in total. The smallest absolute Gasteiger partial charge is 0.233 e. The van der Waals surface area contributed by atoms with Crippen LogP contribution in [-0.4, -0.2) is 24.9 Å². The first-order chi connectivity index (χ1) is 12.5. The molecule has 2 aromatic carbocycles. The van der Waals surface area contributed by atoms with Crippen LogP contribution in [0.1, 0.15) is 25.8 Å². The molecule has 2 aromatic rings. The molecule has 5 nitrogen and oxygen atoms in total. The van der Waals surface area contributed by atoms with Gasteiger partial charge in [-0.25, -0.2) is 0 Å². The Morgan fingerprint density at radius 2 is 1.62 bits per heavy atom. The fourth-order valence-electron chi connectivity index (χ4n) is 2.59. The van der Waals surface area contributed by atoms with Gasteiger partial charge in [0.15, 0.2) is 0 Å². The molecule has 0 unspecified atom stereocenters. The predicted octanol–water partition coefficient (Wildman–Crippen LogP) is 3.83. The lowest BCUT2D eigenvalue weighted by Gasteiger charge is -2.21. The zero-order valence-electron chi connectivity index (χ0n) is 15.1.